The number of hydrogen-bond acceptors (Lipinski definition) is 4. The lowest BCUT2D eigenvalue weighted by Crippen LogP contribution is -2.13. The number of rotatable bonds is 5. The van der Waals surface area contributed by atoms with Crippen molar-refractivity contribution in [2.24, 2.45) is 0 Å². The van der Waals surface area contributed by atoms with Crippen LogP contribution < -0.4 is 4.72 Å². The molecule has 29 heavy (non-hydrogen) atoms. The molecular weight excluding hydrogens is 398 g/mol. The standard InChI is InChI=1S/C20H14F2N4O2S/c21-13-9-14(22)11-17(10-13)29(27,28)26-16-5-7-20-18(12-16)19(24-25-20)6-4-15-3-1-2-8-23-15/h1-12,26H,(H,24,25). The third-order valence-corrected chi connectivity index (χ3v) is 5.45. The molecule has 4 aromatic rings. The van der Waals surface area contributed by atoms with Crippen molar-refractivity contribution < 1.29 is 17.2 Å². The highest BCUT2D eigenvalue weighted by Crippen LogP contribution is 2.24. The van der Waals surface area contributed by atoms with Crippen LogP contribution in [-0.4, -0.2) is 23.6 Å². The molecule has 9 heteroatoms. The van der Waals surface area contributed by atoms with Crippen LogP contribution in [0.4, 0.5) is 14.5 Å². The minimum atomic E-state index is -4.17. The molecule has 0 radical (unpaired) electrons. The van der Waals surface area contributed by atoms with Gasteiger partial charge in [-0.25, -0.2) is 17.2 Å². The van der Waals surface area contributed by atoms with E-state index in [4.69, 9.17) is 0 Å². The molecule has 2 aromatic heterocycles. The first-order valence-corrected chi connectivity index (χ1v) is 9.95. The number of hydrogen-bond donors (Lipinski definition) is 2. The maximum absolute atomic E-state index is 13.4. The maximum Gasteiger partial charge on any atom is 0.262 e. The molecule has 2 N–H and O–H groups in total. The van der Waals surface area contributed by atoms with Crippen molar-refractivity contribution in [2.75, 3.05) is 4.72 Å². The lowest BCUT2D eigenvalue weighted by molar-refractivity contribution is 0.568. The molecular formula is C20H14F2N4O2S. The molecule has 2 aromatic carbocycles. The normalized spacial score (nSPS) is 11.9. The number of fused-ring (bicyclic) bond motifs is 1. The molecule has 4 rings (SSSR count). The topological polar surface area (TPSA) is 87.7 Å². The molecule has 0 atom stereocenters. The van der Waals surface area contributed by atoms with Gasteiger partial charge in [0.25, 0.3) is 10.0 Å². The molecule has 0 bridgehead atoms. The number of benzene rings is 2. The molecule has 0 spiro atoms. The third-order valence-electron chi connectivity index (χ3n) is 4.09. The van der Waals surface area contributed by atoms with Crippen LogP contribution in [0.2, 0.25) is 0 Å². The Morgan fingerprint density at radius 3 is 2.48 bits per heavy atom. The zero-order valence-corrected chi connectivity index (χ0v) is 15.6. The van der Waals surface area contributed by atoms with Crippen LogP contribution in [0.1, 0.15) is 11.4 Å². The largest absolute Gasteiger partial charge is 0.280 e. The van der Waals surface area contributed by atoms with Crippen molar-refractivity contribution in [3.05, 3.63) is 83.8 Å². The van der Waals surface area contributed by atoms with Gasteiger partial charge in [-0.05, 0) is 54.6 Å². The van der Waals surface area contributed by atoms with Crippen LogP contribution >= 0.6 is 0 Å². The molecule has 146 valence electrons. The number of anilines is 1. The van der Waals surface area contributed by atoms with Crippen LogP contribution in [0.15, 0.2) is 65.7 Å². The fraction of sp³-hybridized carbons (Fsp3) is 0. The van der Waals surface area contributed by atoms with Gasteiger partial charge in [-0.15, -0.1) is 0 Å². The molecule has 2 heterocycles. The molecule has 0 aliphatic rings. The number of nitrogens with zero attached hydrogens (tertiary/aromatic N) is 2. The summed E-state index contributed by atoms with van der Waals surface area (Å²) >= 11 is 0. The second kappa shape index (κ2) is 7.44. The van der Waals surface area contributed by atoms with Gasteiger partial charge in [0.1, 0.15) is 11.6 Å². The molecule has 0 unspecified atom stereocenters. The minimum absolute atomic E-state index is 0.232. The number of pyridine rings is 1. The Kier molecular flexibility index (Phi) is 4.81. The summed E-state index contributed by atoms with van der Waals surface area (Å²) in [6.45, 7) is 0. The summed E-state index contributed by atoms with van der Waals surface area (Å²) in [5.74, 6) is -1.95. The molecule has 0 aliphatic carbocycles. The molecule has 6 nitrogen and oxygen atoms in total. The van der Waals surface area contributed by atoms with Crippen molar-refractivity contribution in [3.63, 3.8) is 0 Å². The SMILES string of the molecule is O=S(=O)(Nc1ccc2[nH]nc(C=Cc3ccccn3)c2c1)c1cc(F)cc(F)c1. The Labute approximate surface area is 165 Å². The number of H-pyrrole nitrogens is 1. The monoisotopic (exact) mass is 412 g/mol. The smallest absolute Gasteiger partial charge is 0.262 e. The highest BCUT2D eigenvalue weighted by atomic mass is 32.2. The van der Waals surface area contributed by atoms with E-state index in [0.717, 1.165) is 17.8 Å². The van der Waals surface area contributed by atoms with Crippen LogP contribution in [0.5, 0.6) is 0 Å². The predicted octanol–water partition coefficient (Wildman–Crippen LogP) is 4.21. The predicted molar refractivity (Wildman–Crippen MR) is 106 cm³/mol. The van der Waals surface area contributed by atoms with Gasteiger partial charge in [-0.2, -0.15) is 5.10 Å². The molecule has 0 amide bonds. The Bertz CT molecular complexity index is 1300. The fourth-order valence-corrected chi connectivity index (χ4v) is 3.85. The second-order valence-corrected chi connectivity index (χ2v) is 7.85. The summed E-state index contributed by atoms with van der Waals surface area (Å²) in [6.07, 6.45) is 5.20. The van der Waals surface area contributed by atoms with E-state index in [1.54, 1.807) is 30.5 Å². The Morgan fingerprint density at radius 1 is 0.966 bits per heavy atom. The van der Waals surface area contributed by atoms with E-state index in [1.165, 1.54) is 6.07 Å². The second-order valence-electron chi connectivity index (χ2n) is 6.17. The van der Waals surface area contributed by atoms with Crippen LogP contribution in [0.25, 0.3) is 23.1 Å². The summed E-state index contributed by atoms with van der Waals surface area (Å²) in [5, 5.41) is 7.75. The lowest BCUT2D eigenvalue weighted by atomic mass is 10.2. The maximum atomic E-state index is 13.4. The van der Waals surface area contributed by atoms with E-state index < -0.39 is 26.6 Å². The zero-order valence-electron chi connectivity index (χ0n) is 14.8. The van der Waals surface area contributed by atoms with Gasteiger partial charge in [0, 0.05) is 23.3 Å². The van der Waals surface area contributed by atoms with Crippen molar-refractivity contribution in [1.82, 2.24) is 15.2 Å². The number of halogens is 2. The third kappa shape index (κ3) is 4.14. The highest BCUT2D eigenvalue weighted by Gasteiger charge is 2.17. The van der Waals surface area contributed by atoms with E-state index in [2.05, 4.69) is 19.9 Å². The van der Waals surface area contributed by atoms with Gasteiger partial charge in [0.05, 0.1) is 21.8 Å². The van der Waals surface area contributed by atoms with E-state index in [1.807, 2.05) is 18.2 Å². The van der Waals surface area contributed by atoms with E-state index in [-0.39, 0.29) is 5.69 Å². The first kappa shape index (κ1) is 18.8. The lowest BCUT2D eigenvalue weighted by Gasteiger charge is -2.08. The Hall–Kier alpha value is -3.59. The van der Waals surface area contributed by atoms with Crippen LogP contribution in [0, 0.1) is 11.6 Å². The molecule has 0 fully saturated rings. The van der Waals surface area contributed by atoms with Crippen LogP contribution in [0.3, 0.4) is 0 Å². The van der Waals surface area contributed by atoms with Crippen molar-refractivity contribution in [3.8, 4) is 0 Å². The zero-order chi connectivity index (χ0) is 20.4. The van der Waals surface area contributed by atoms with Gasteiger partial charge in [0.2, 0.25) is 0 Å². The van der Waals surface area contributed by atoms with Crippen LogP contribution in [-0.2, 0) is 10.0 Å². The number of aromatic amines is 1. The summed E-state index contributed by atoms with van der Waals surface area (Å²) in [5.41, 5.74) is 2.26. The minimum Gasteiger partial charge on any atom is -0.280 e. The van der Waals surface area contributed by atoms with Crippen molar-refractivity contribution in [1.29, 1.82) is 0 Å². The summed E-state index contributed by atoms with van der Waals surface area (Å²) in [7, 11) is -4.17. The van der Waals surface area contributed by atoms with Gasteiger partial charge in [-0.1, -0.05) is 6.07 Å². The quantitative estimate of drug-likeness (QED) is 0.514. The fourth-order valence-electron chi connectivity index (χ4n) is 2.76. The number of nitrogens with one attached hydrogen (secondary N) is 2. The molecule has 0 aliphatic heterocycles. The van der Waals surface area contributed by atoms with Gasteiger partial charge < -0.3 is 0 Å². The molecule has 0 saturated carbocycles. The first-order chi connectivity index (χ1) is 13.9. The van der Waals surface area contributed by atoms with E-state index >= 15 is 0 Å². The van der Waals surface area contributed by atoms with E-state index in [0.29, 0.717) is 22.7 Å². The number of aromatic nitrogens is 3. The summed E-state index contributed by atoms with van der Waals surface area (Å²) < 4.78 is 54.1. The highest BCUT2D eigenvalue weighted by molar-refractivity contribution is 7.92. The number of sulfonamides is 1. The first-order valence-electron chi connectivity index (χ1n) is 8.47. The van der Waals surface area contributed by atoms with Crippen molar-refractivity contribution >= 4 is 38.8 Å². The van der Waals surface area contributed by atoms with Gasteiger partial charge in [0.15, 0.2) is 0 Å². The summed E-state index contributed by atoms with van der Waals surface area (Å²) in [6, 6.07) is 12.4. The average molecular weight is 412 g/mol. The Balaban J connectivity index is 1.66. The van der Waals surface area contributed by atoms with E-state index in [9.17, 15) is 17.2 Å². The average Bonchev–Trinajstić information content (AvgIpc) is 3.08. The van der Waals surface area contributed by atoms with Gasteiger partial charge in [-0.3, -0.25) is 14.8 Å². The Morgan fingerprint density at radius 2 is 1.76 bits per heavy atom. The van der Waals surface area contributed by atoms with Gasteiger partial charge >= 0.3 is 0 Å². The molecule has 0 saturated heterocycles. The summed E-state index contributed by atoms with van der Waals surface area (Å²) in [4.78, 5) is 3.69. The van der Waals surface area contributed by atoms with Crippen molar-refractivity contribution in [2.45, 2.75) is 4.90 Å².